The third-order valence-electron chi connectivity index (χ3n) is 6.65. The van der Waals surface area contributed by atoms with E-state index in [-0.39, 0.29) is 5.56 Å². The molecule has 0 saturated carbocycles. The standard InChI is InChI=1S/C32H25ClN2O4/c1-32(19-25(20-34-32)21-10-14-27(33)15-11-21)26-12-8-22(9-13-26)30(35-37)23-16-24(31(36)38-2)18-29(17-23)39-28-6-4-3-5-7-28/h3-20,30H,1-2H3. The summed E-state index contributed by atoms with van der Waals surface area (Å²) in [5, 5.41) is 4.08. The summed E-state index contributed by atoms with van der Waals surface area (Å²) in [5.74, 6) is 0.462. The van der Waals surface area contributed by atoms with Gasteiger partial charge in [-0.15, -0.1) is 4.91 Å². The molecule has 2 unspecified atom stereocenters. The van der Waals surface area contributed by atoms with Crippen molar-refractivity contribution in [2.75, 3.05) is 7.11 Å². The summed E-state index contributed by atoms with van der Waals surface area (Å²) in [6.07, 6.45) is 3.97. The summed E-state index contributed by atoms with van der Waals surface area (Å²) < 4.78 is 10.9. The van der Waals surface area contributed by atoms with E-state index in [0.29, 0.717) is 27.6 Å². The minimum absolute atomic E-state index is 0.263. The number of ether oxygens (including phenoxy) is 2. The van der Waals surface area contributed by atoms with Crippen molar-refractivity contribution in [2.24, 2.45) is 10.2 Å². The molecule has 7 heteroatoms. The van der Waals surface area contributed by atoms with Crippen molar-refractivity contribution >= 4 is 29.4 Å². The first-order valence-corrected chi connectivity index (χ1v) is 12.7. The van der Waals surface area contributed by atoms with Gasteiger partial charge in [0.2, 0.25) is 0 Å². The highest BCUT2D eigenvalue weighted by Gasteiger charge is 2.28. The zero-order chi connectivity index (χ0) is 27.4. The number of rotatable bonds is 8. The van der Waals surface area contributed by atoms with Crippen LogP contribution in [0.3, 0.4) is 0 Å². The number of hydrogen-bond acceptors (Lipinski definition) is 6. The van der Waals surface area contributed by atoms with Crippen LogP contribution in [0.5, 0.6) is 11.5 Å². The van der Waals surface area contributed by atoms with Crippen LogP contribution in [0.25, 0.3) is 5.57 Å². The van der Waals surface area contributed by atoms with Gasteiger partial charge in [-0.05, 0) is 83.3 Å². The minimum atomic E-state index is -0.859. The normalized spacial score (nSPS) is 16.8. The molecular formula is C32H25ClN2O4. The van der Waals surface area contributed by atoms with E-state index in [0.717, 1.165) is 16.7 Å². The van der Waals surface area contributed by atoms with Crippen molar-refractivity contribution in [3.63, 3.8) is 0 Å². The molecule has 39 heavy (non-hydrogen) atoms. The van der Waals surface area contributed by atoms with E-state index < -0.39 is 17.6 Å². The fraction of sp³-hybridized carbons (Fsp3) is 0.125. The molecule has 194 valence electrons. The minimum Gasteiger partial charge on any atom is -0.465 e. The Labute approximate surface area is 231 Å². The molecule has 4 aromatic carbocycles. The molecule has 0 fully saturated rings. The topological polar surface area (TPSA) is 77.3 Å². The van der Waals surface area contributed by atoms with Crippen LogP contribution >= 0.6 is 11.6 Å². The Morgan fingerprint density at radius 3 is 2.28 bits per heavy atom. The smallest absolute Gasteiger partial charge is 0.337 e. The lowest BCUT2D eigenvalue weighted by molar-refractivity contribution is 0.0600. The summed E-state index contributed by atoms with van der Waals surface area (Å²) >= 11 is 6.03. The fourth-order valence-electron chi connectivity index (χ4n) is 4.56. The van der Waals surface area contributed by atoms with Gasteiger partial charge < -0.3 is 9.47 Å². The van der Waals surface area contributed by atoms with Gasteiger partial charge in [0, 0.05) is 11.2 Å². The van der Waals surface area contributed by atoms with Crippen LogP contribution in [0.1, 0.15) is 45.6 Å². The van der Waals surface area contributed by atoms with E-state index in [4.69, 9.17) is 26.1 Å². The van der Waals surface area contributed by atoms with Gasteiger partial charge in [0.15, 0.2) is 0 Å². The number of allylic oxidation sites excluding steroid dienone is 1. The number of hydrogen-bond donors (Lipinski definition) is 0. The molecule has 0 spiro atoms. The molecular weight excluding hydrogens is 512 g/mol. The Kier molecular flexibility index (Phi) is 7.39. The highest BCUT2D eigenvalue weighted by molar-refractivity contribution is 6.30. The van der Waals surface area contributed by atoms with E-state index in [9.17, 15) is 9.70 Å². The molecule has 4 aromatic rings. The van der Waals surface area contributed by atoms with E-state index in [1.54, 1.807) is 30.3 Å². The molecule has 0 aromatic heterocycles. The van der Waals surface area contributed by atoms with Gasteiger partial charge in [-0.3, -0.25) is 4.99 Å². The van der Waals surface area contributed by atoms with Gasteiger partial charge in [0.25, 0.3) is 0 Å². The number of carbonyl (C=O) groups excluding carboxylic acids is 1. The van der Waals surface area contributed by atoms with Gasteiger partial charge >= 0.3 is 5.97 Å². The number of nitroso groups, excluding NO2 is 1. The van der Waals surface area contributed by atoms with E-state index >= 15 is 0 Å². The van der Waals surface area contributed by atoms with Crippen molar-refractivity contribution in [1.82, 2.24) is 0 Å². The third kappa shape index (κ3) is 5.66. The van der Waals surface area contributed by atoms with Crippen LogP contribution in [-0.2, 0) is 10.3 Å². The first-order chi connectivity index (χ1) is 18.9. The van der Waals surface area contributed by atoms with Gasteiger partial charge in [0.1, 0.15) is 23.1 Å². The van der Waals surface area contributed by atoms with E-state index in [1.165, 1.54) is 7.11 Å². The molecule has 6 nitrogen and oxygen atoms in total. The molecule has 0 saturated heterocycles. The monoisotopic (exact) mass is 536 g/mol. The number of methoxy groups -OCH3 is 1. The Bertz CT molecular complexity index is 1560. The molecule has 0 aliphatic carbocycles. The maximum atomic E-state index is 12.4. The van der Waals surface area contributed by atoms with Crippen molar-refractivity contribution in [1.29, 1.82) is 0 Å². The van der Waals surface area contributed by atoms with Gasteiger partial charge in [-0.1, -0.05) is 71.4 Å². The SMILES string of the molecule is COC(=O)c1cc(Oc2ccccc2)cc(C(N=O)c2ccc(C3(C)C=C(c4ccc(Cl)cc4)C=N3)cc2)c1. The number of carbonyl (C=O) groups is 1. The van der Waals surface area contributed by atoms with Crippen LogP contribution in [0.4, 0.5) is 0 Å². The molecule has 2 atom stereocenters. The van der Waals surface area contributed by atoms with Crippen molar-refractivity contribution < 1.29 is 14.3 Å². The summed E-state index contributed by atoms with van der Waals surface area (Å²) in [7, 11) is 1.31. The molecule has 5 rings (SSSR count). The first-order valence-electron chi connectivity index (χ1n) is 12.3. The van der Waals surface area contributed by atoms with Crippen LogP contribution in [0.2, 0.25) is 5.02 Å². The molecule has 1 aliphatic rings. The van der Waals surface area contributed by atoms with E-state index in [2.05, 4.69) is 11.3 Å². The number of nitrogens with zero attached hydrogens (tertiary/aromatic N) is 2. The molecule has 0 bridgehead atoms. The number of aliphatic imine (C=N–C) groups is 1. The second-order valence-electron chi connectivity index (χ2n) is 9.34. The zero-order valence-corrected chi connectivity index (χ0v) is 22.1. The number of para-hydroxylation sites is 1. The Balaban J connectivity index is 1.44. The van der Waals surface area contributed by atoms with Crippen molar-refractivity contribution in [3.8, 4) is 11.5 Å². The first kappa shape index (κ1) is 26.1. The molecule has 0 radical (unpaired) electrons. The van der Waals surface area contributed by atoms with E-state index in [1.807, 2.05) is 79.9 Å². The van der Waals surface area contributed by atoms with Crippen LogP contribution in [0.15, 0.2) is 113 Å². The van der Waals surface area contributed by atoms with Crippen LogP contribution in [0, 0.1) is 4.91 Å². The molecule has 0 amide bonds. The lowest BCUT2D eigenvalue weighted by Gasteiger charge is -2.20. The fourth-order valence-corrected chi connectivity index (χ4v) is 4.68. The Hall–Kier alpha value is -4.55. The predicted molar refractivity (Wildman–Crippen MR) is 154 cm³/mol. The average Bonchev–Trinajstić information content (AvgIpc) is 3.37. The van der Waals surface area contributed by atoms with Crippen molar-refractivity contribution in [3.05, 3.63) is 141 Å². The third-order valence-corrected chi connectivity index (χ3v) is 6.90. The maximum Gasteiger partial charge on any atom is 0.337 e. The largest absolute Gasteiger partial charge is 0.465 e. The quantitative estimate of drug-likeness (QED) is 0.168. The van der Waals surface area contributed by atoms with Gasteiger partial charge in [0.05, 0.1) is 12.7 Å². The second kappa shape index (κ2) is 11.1. The van der Waals surface area contributed by atoms with Crippen molar-refractivity contribution in [2.45, 2.75) is 18.5 Å². The molecule has 1 aliphatic heterocycles. The summed E-state index contributed by atoms with van der Waals surface area (Å²) in [4.78, 5) is 29.2. The number of esters is 1. The van der Waals surface area contributed by atoms with Gasteiger partial charge in [-0.25, -0.2) is 4.79 Å². The lowest BCUT2D eigenvalue weighted by atomic mass is 9.89. The number of halogens is 1. The molecule has 0 N–H and O–H groups in total. The predicted octanol–water partition coefficient (Wildman–Crippen LogP) is 8.16. The number of benzene rings is 4. The maximum absolute atomic E-state index is 12.4. The zero-order valence-electron chi connectivity index (χ0n) is 21.4. The average molecular weight is 537 g/mol. The molecule has 1 heterocycles. The Morgan fingerprint density at radius 2 is 1.62 bits per heavy atom. The summed E-state index contributed by atoms with van der Waals surface area (Å²) in [6.45, 7) is 2.03. The second-order valence-corrected chi connectivity index (χ2v) is 9.78. The summed E-state index contributed by atoms with van der Waals surface area (Å²) in [6, 6.07) is 28.5. The van der Waals surface area contributed by atoms with Crippen LogP contribution in [-0.4, -0.2) is 19.3 Å². The highest BCUT2D eigenvalue weighted by Crippen LogP contribution is 2.37. The highest BCUT2D eigenvalue weighted by atomic mass is 35.5. The van der Waals surface area contributed by atoms with Gasteiger partial charge in [-0.2, -0.15) is 0 Å². The lowest BCUT2D eigenvalue weighted by Crippen LogP contribution is -2.13. The Morgan fingerprint density at radius 1 is 0.897 bits per heavy atom. The summed E-state index contributed by atoms with van der Waals surface area (Å²) in [5.41, 5.74) is 3.91. The van der Waals surface area contributed by atoms with Crippen LogP contribution < -0.4 is 4.74 Å².